The van der Waals surface area contributed by atoms with Crippen molar-refractivity contribution >= 4 is 11.8 Å². The Labute approximate surface area is 92.4 Å². The SMILES string of the molecule is CCCC1(C2CCCC2)NCC(C)S1. The highest BCUT2D eigenvalue weighted by Gasteiger charge is 2.44. The first kappa shape index (κ1) is 10.8. The van der Waals surface area contributed by atoms with E-state index in [2.05, 4.69) is 30.9 Å². The Morgan fingerprint density at radius 2 is 2.07 bits per heavy atom. The standard InChI is InChI=1S/C12H23NS/c1-3-8-12(11-6-4-5-7-11)13-9-10(2)14-12/h10-11,13H,3-9H2,1-2H3. The molecule has 0 bridgehead atoms. The van der Waals surface area contributed by atoms with Gasteiger partial charge >= 0.3 is 0 Å². The molecule has 14 heavy (non-hydrogen) atoms. The van der Waals surface area contributed by atoms with E-state index in [-0.39, 0.29) is 0 Å². The first-order valence-electron chi connectivity index (χ1n) is 6.19. The third-order valence-electron chi connectivity index (χ3n) is 3.74. The van der Waals surface area contributed by atoms with Crippen LogP contribution in [0.3, 0.4) is 0 Å². The lowest BCUT2D eigenvalue weighted by Gasteiger charge is -2.35. The summed E-state index contributed by atoms with van der Waals surface area (Å²) in [4.78, 5) is 0.463. The molecule has 2 atom stereocenters. The molecule has 0 radical (unpaired) electrons. The van der Waals surface area contributed by atoms with Gasteiger partial charge in [0, 0.05) is 11.8 Å². The van der Waals surface area contributed by atoms with Crippen molar-refractivity contribution in [1.29, 1.82) is 0 Å². The van der Waals surface area contributed by atoms with E-state index in [1.807, 2.05) is 0 Å². The van der Waals surface area contributed by atoms with Gasteiger partial charge in [-0.3, -0.25) is 0 Å². The van der Waals surface area contributed by atoms with E-state index in [1.54, 1.807) is 0 Å². The number of hydrogen-bond donors (Lipinski definition) is 1. The highest BCUT2D eigenvalue weighted by molar-refractivity contribution is 8.01. The quantitative estimate of drug-likeness (QED) is 0.771. The highest BCUT2D eigenvalue weighted by atomic mass is 32.2. The number of thioether (sulfide) groups is 1. The molecule has 82 valence electrons. The molecule has 0 amide bonds. The molecule has 1 nitrogen and oxygen atoms in total. The van der Waals surface area contributed by atoms with Gasteiger partial charge in [-0.2, -0.15) is 0 Å². The lowest BCUT2D eigenvalue weighted by atomic mass is 9.93. The smallest absolute Gasteiger partial charge is 0.0677 e. The number of rotatable bonds is 3. The fourth-order valence-corrected chi connectivity index (χ4v) is 4.92. The Morgan fingerprint density at radius 1 is 1.36 bits per heavy atom. The zero-order valence-corrected chi connectivity index (χ0v) is 10.3. The summed E-state index contributed by atoms with van der Waals surface area (Å²) < 4.78 is 0. The summed E-state index contributed by atoms with van der Waals surface area (Å²) in [6, 6.07) is 0. The molecule has 0 spiro atoms. The molecular weight excluding hydrogens is 190 g/mol. The van der Waals surface area contributed by atoms with Gasteiger partial charge in [0.15, 0.2) is 0 Å². The van der Waals surface area contributed by atoms with Gasteiger partial charge in [0.2, 0.25) is 0 Å². The zero-order chi connectivity index (χ0) is 10.0. The van der Waals surface area contributed by atoms with E-state index in [4.69, 9.17) is 0 Å². The predicted molar refractivity (Wildman–Crippen MR) is 64.7 cm³/mol. The molecule has 1 saturated carbocycles. The van der Waals surface area contributed by atoms with E-state index < -0.39 is 0 Å². The third kappa shape index (κ3) is 1.96. The van der Waals surface area contributed by atoms with E-state index in [9.17, 15) is 0 Å². The largest absolute Gasteiger partial charge is 0.301 e. The second-order valence-electron chi connectivity index (χ2n) is 4.93. The average Bonchev–Trinajstić information content (AvgIpc) is 2.75. The van der Waals surface area contributed by atoms with Crippen molar-refractivity contribution < 1.29 is 0 Å². The fraction of sp³-hybridized carbons (Fsp3) is 1.00. The first-order chi connectivity index (χ1) is 6.77. The fourth-order valence-electron chi connectivity index (χ4n) is 3.11. The highest BCUT2D eigenvalue weighted by Crippen LogP contribution is 2.48. The topological polar surface area (TPSA) is 12.0 Å². The Bertz CT molecular complexity index is 185. The van der Waals surface area contributed by atoms with Crippen LogP contribution in [0.1, 0.15) is 52.4 Å². The summed E-state index contributed by atoms with van der Waals surface area (Å²) in [6.07, 6.45) is 8.55. The molecule has 1 aliphatic carbocycles. The maximum absolute atomic E-state index is 3.83. The summed E-state index contributed by atoms with van der Waals surface area (Å²) in [7, 11) is 0. The van der Waals surface area contributed by atoms with E-state index in [0.29, 0.717) is 4.87 Å². The van der Waals surface area contributed by atoms with Crippen LogP contribution in [0.15, 0.2) is 0 Å². The van der Waals surface area contributed by atoms with Gasteiger partial charge in [0.05, 0.1) is 4.87 Å². The Balaban J connectivity index is 2.05. The zero-order valence-electron chi connectivity index (χ0n) is 9.51. The van der Waals surface area contributed by atoms with E-state index >= 15 is 0 Å². The van der Waals surface area contributed by atoms with Crippen molar-refractivity contribution in [2.45, 2.75) is 62.5 Å². The molecule has 1 N–H and O–H groups in total. The lowest BCUT2D eigenvalue weighted by Crippen LogP contribution is -2.43. The molecule has 0 aromatic carbocycles. The van der Waals surface area contributed by atoms with Gasteiger partial charge in [0.1, 0.15) is 0 Å². The van der Waals surface area contributed by atoms with Gasteiger partial charge in [-0.1, -0.05) is 33.1 Å². The van der Waals surface area contributed by atoms with Gasteiger partial charge in [-0.05, 0) is 25.2 Å². The van der Waals surface area contributed by atoms with Crippen LogP contribution in [0.2, 0.25) is 0 Å². The molecule has 2 heteroatoms. The molecule has 0 aromatic rings. The van der Waals surface area contributed by atoms with Gasteiger partial charge < -0.3 is 5.32 Å². The minimum absolute atomic E-state index is 0.463. The summed E-state index contributed by atoms with van der Waals surface area (Å²) in [6.45, 7) is 5.91. The number of nitrogens with one attached hydrogen (secondary N) is 1. The monoisotopic (exact) mass is 213 g/mol. The van der Waals surface area contributed by atoms with E-state index in [1.165, 1.54) is 45.1 Å². The van der Waals surface area contributed by atoms with Crippen LogP contribution in [0.5, 0.6) is 0 Å². The van der Waals surface area contributed by atoms with Crippen LogP contribution in [0, 0.1) is 5.92 Å². The van der Waals surface area contributed by atoms with Crippen LogP contribution >= 0.6 is 11.8 Å². The lowest BCUT2D eigenvalue weighted by molar-refractivity contribution is 0.316. The van der Waals surface area contributed by atoms with E-state index in [0.717, 1.165) is 11.2 Å². The molecule has 2 aliphatic rings. The second-order valence-corrected chi connectivity index (χ2v) is 6.70. The van der Waals surface area contributed by atoms with Crippen molar-refractivity contribution in [2.24, 2.45) is 5.92 Å². The third-order valence-corrected chi connectivity index (χ3v) is 5.41. The molecule has 1 aliphatic heterocycles. The van der Waals surface area contributed by atoms with Crippen molar-refractivity contribution in [3.05, 3.63) is 0 Å². The second kappa shape index (κ2) is 4.44. The van der Waals surface area contributed by atoms with Crippen LogP contribution in [0.4, 0.5) is 0 Å². The maximum atomic E-state index is 3.83. The summed E-state index contributed by atoms with van der Waals surface area (Å²) in [5.41, 5.74) is 0. The molecule has 1 heterocycles. The Hall–Kier alpha value is 0.310. The van der Waals surface area contributed by atoms with Crippen molar-refractivity contribution in [2.75, 3.05) is 6.54 Å². The van der Waals surface area contributed by atoms with Gasteiger partial charge in [-0.25, -0.2) is 0 Å². The molecule has 1 saturated heterocycles. The Morgan fingerprint density at radius 3 is 2.57 bits per heavy atom. The average molecular weight is 213 g/mol. The summed E-state index contributed by atoms with van der Waals surface area (Å²) in [5.74, 6) is 0.956. The van der Waals surface area contributed by atoms with Crippen LogP contribution in [-0.4, -0.2) is 16.7 Å². The predicted octanol–water partition coefficient (Wildman–Crippen LogP) is 3.40. The molecule has 2 rings (SSSR count). The minimum Gasteiger partial charge on any atom is -0.301 e. The van der Waals surface area contributed by atoms with Crippen molar-refractivity contribution in [3.63, 3.8) is 0 Å². The maximum Gasteiger partial charge on any atom is 0.0677 e. The van der Waals surface area contributed by atoms with Crippen LogP contribution in [0.25, 0.3) is 0 Å². The molecule has 2 fully saturated rings. The Kier molecular flexibility index (Phi) is 3.43. The molecular formula is C12H23NS. The van der Waals surface area contributed by atoms with Crippen molar-refractivity contribution in [1.82, 2.24) is 5.32 Å². The van der Waals surface area contributed by atoms with Gasteiger partial charge in [0.25, 0.3) is 0 Å². The van der Waals surface area contributed by atoms with Gasteiger partial charge in [-0.15, -0.1) is 11.8 Å². The summed E-state index contributed by atoms with van der Waals surface area (Å²) in [5, 5.41) is 4.65. The van der Waals surface area contributed by atoms with Crippen LogP contribution in [-0.2, 0) is 0 Å². The van der Waals surface area contributed by atoms with Crippen LogP contribution < -0.4 is 5.32 Å². The summed E-state index contributed by atoms with van der Waals surface area (Å²) >= 11 is 2.22. The molecule has 2 unspecified atom stereocenters. The normalized spacial score (nSPS) is 39.4. The first-order valence-corrected chi connectivity index (χ1v) is 7.07. The number of hydrogen-bond acceptors (Lipinski definition) is 2. The van der Waals surface area contributed by atoms with Crippen molar-refractivity contribution in [3.8, 4) is 0 Å². The molecule has 0 aromatic heterocycles. The minimum atomic E-state index is 0.463.